The topological polar surface area (TPSA) is 69.6 Å². The van der Waals surface area contributed by atoms with E-state index in [9.17, 15) is 9.59 Å². The second-order valence-corrected chi connectivity index (χ2v) is 5.25. The van der Waals surface area contributed by atoms with Crippen LogP contribution >= 0.6 is 15.9 Å². The van der Waals surface area contributed by atoms with Crippen molar-refractivity contribution < 1.29 is 14.7 Å². The summed E-state index contributed by atoms with van der Waals surface area (Å²) in [6.07, 6.45) is 0.600. The number of hydrogen-bond donors (Lipinski definition) is 2. The molecule has 2 N–H and O–H groups in total. The Hall–Kier alpha value is -1.40. The number of carbonyl (C=O) groups is 2. The second-order valence-electron chi connectivity index (χ2n) is 4.40. The first kappa shape index (κ1) is 14.0. The van der Waals surface area contributed by atoms with E-state index in [0.717, 1.165) is 16.6 Å². The third kappa shape index (κ3) is 3.33. The molecule has 1 aliphatic heterocycles. The number of benzene rings is 1. The van der Waals surface area contributed by atoms with Gasteiger partial charge in [0.15, 0.2) is 0 Å². The minimum atomic E-state index is -0.972. The van der Waals surface area contributed by atoms with Gasteiger partial charge in [0.05, 0.1) is 18.2 Å². The first-order valence-electron chi connectivity index (χ1n) is 6.10. The zero-order valence-corrected chi connectivity index (χ0v) is 11.9. The molecular weight excluding hydrogens is 312 g/mol. The molecule has 1 heterocycles. The maximum atomic E-state index is 12.4. The van der Waals surface area contributed by atoms with Crippen molar-refractivity contribution in [2.45, 2.75) is 18.9 Å². The van der Waals surface area contributed by atoms with E-state index in [2.05, 4.69) is 21.2 Å². The number of para-hydroxylation sites is 1. The van der Waals surface area contributed by atoms with Gasteiger partial charge < -0.3 is 15.3 Å². The van der Waals surface area contributed by atoms with Gasteiger partial charge in [-0.3, -0.25) is 9.59 Å². The van der Waals surface area contributed by atoms with Crippen LogP contribution in [0.25, 0.3) is 0 Å². The lowest BCUT2D eigenvalue weighted by molar-refractivity contribution is -0.139. The van der Waals surface area contributed by atoms with Crippen molar-refractivity contribution in [3.05, 3.63) is 28.7 Å². The summed E-state index contributed by atoms with van der Waals surface area (Å²) in [4.78, 5) is 24.9. The van der Waals surface area contributed by atoms with Crippen molar-refractivity contribution in [3.63, 3.8) is 0 Å². The lowest BCUT2D eigenvalue weighted by Gasteiger charge is -2.24. The molecule has 2 rings (SSSR count). The van der Waals surface area contributed by atoms with Crippen LogP contribution < -0.4 is 10.2 Å². The first-order valence-corrected chi connectivity index (χ1v) is 6.90. The van der Waals surface area contributed by atoms with Crippen LogP contribution in [0.1, 0.15) is 12.8 Å². The number of carboxylic acids is 1. The average molecular weight is 327 g/mol. The number of carbonyl (C=O) groups excluding carboxylic acids is 1. The average Bonchev–Trinajstić information content (AvgIpc) is 2.53. The number of rotatable bonds is 3. The minimum absolute atomic E-state index is 0.188. The van der Waals surface area contributed by atoms with E-state index < -0.39 is 12.0 Å². The van der Waals surface area contributed by atoms with Crippen molar-refractivity contribution in [1.29, 1.82) is 0 Å². The molecule has 1 saturated heterocycles. The summed E-state index contributed by atoms with van der Waals surface area (Å²) in [7, 11) is 0. The van der Waals surface area contributed by atoms with Gasteiger partial charge in [-0.15, -0.1) is 0 Å². The van der Waals surface area contributed by atoms with Gasteiger partial charge in [0.2, 0.25) is 5.91 Å². The Labute approximate surface area is 119 Å². The number of anilines is 1. The van der Waals surface area contributed by atoms with Crippen LogP contribution in [0.5, 0.6) is 0 Å². The largest absolute Gasteiger partial charge is 0.481 e. The number of nitrogens with zero attached hydrogens (tertiary/aromatic N) is 1. The highest BCUT2D eigenvalue weighted by Crippen LogP contribution is 2.27. The van der Waals surface area contributed by atoms with Crippen molar-refractivity contribution in [1.82, 2.24) is 5.32 Å². The molecule has 1 unspecified atom stereocenters. The molecule has 0 saturated carbocycles. The third-order valence-corrected chi connectivity index (χ3v) is 3.71. The number of amides is 1. The predicted octanol–water partition coefficient (Wildman–Crippen LogP) is 1.62. The smallest absolute Gasteiger partial charge is 0.305 e. The van der Waals surface area contributed by atoms with Crippen molar-refractivity contribution in [2.24, 2.45) is 0 Å². The molecule has 102 valence electrons. The fraction of sp³-hybridized carbons (Fsp3) is 0.385. The molecule has 1 aromatic rings. The molecule has 19 heavy (non-hydrogen) atoms. The quantitative estimate of drug-likeness (QED) is 0.885. The van der Waals surface area contributed by atoms with E-state index in [0.29, 0.717) is 13.1 Å². The maximum absolute atomic E-state index is 12.4. The van der Waals surface area contributed by atoms with Gasteiger partial charge in [0.1, 0.15) is 0 Å². The van der Waals surface area contributed by atoms with E-state index in [1.165, 1.54) is 0 Å². The monoisotopic (exact) mass is 326 g/mol. The summed E-state index contributed by atoms with van der Waals surface area (Å²) in [6, 6.07) is 6.80. The molecule has 0 aromatic heterocycles. The van der Waals surface area contributed by atoms with Gasteiger partial charge >= 0.3 is 5.97 Å². The first-order chi connectivity index (χ1) is 9.09. The van der Waals surface area contributed by atoms with Crippen LogP contribution in [-0.4, -0.2) is 36.1 Å². The summed E-state index contributed by atoms with van der Waals surface area (Å²) < 4.78 is 0.833. The highest BCUT2D eigenvalue weighted by molar-refractivity contribution is 9.10. The van der Waals surface area contributed by atoms with Gasteiger partial charge in [-0.05, 0) is 41.0 Å². The Balaban J connectivity index is 2.26. The van der Waals surface area contributed by atoms with Gasteiger partial charge in [-0.25, -0.2) is 0 Å². The molecule has 0 radical (unpaired) electrons. The molecule has 5 nitrogen and oxygen atoms in total. The van der Waals surface area contributed by atoms with Gasteiger partial charge in [-0.1, -0.05) is 12.1 Å². The molecule has 0 bridgehead atoms. The number of hydrogen-bond acceptors (Lipinski definition) is 3. The molecular formula is C13H15BrN2O3. The minimum Gasteiger partial charge on any atom is -0.481 e. The highest BCUT2D eigenvalue weighted by atomic mass is 79.9. The summed E-state index contributed by atoms with van der Waals surface area (Å²) in [5, 5.41) is 11.9. The molecule has 0 aliphatic carbocycles. The summed E-state index contributed by atoms with van der Waals surface area (Å²) in [5.41, 5.74) is 0.784. The van der Waals surface area contributed by atoms with Crippen LogP contribution in [0.4, 0.5) is 5.69 Å². The summed E-state index contributed by atoms with van der Waals surface area (Å²) in [5.74, 6) is -1.16. The number of nitrogens with one attached hydrogen (secondary N) is 1. The van der Waals surface area contributed by atoms with Crippen LogP contribution in [-0.2, 0) is 9.59 Å². The Bertz CT molecular complexity index is 493. The zero-order valence-electron chi connectivity index (χ0n) is 10.3. The van der Waals surface area contributed by atoms with Crippen molar-refractivity contribution in [2.75, 3.05) is 18.0 Å². The second kappa shape index (κ2) is 6.16. The van der Waals surface area contributed by atoms with Crippen LogP contribution in [0.3, 0.4) is 0 Å². The van der Waals surface area contributed by atoms with E-state index in [1.807, 2.05) is 24.3 Å². The predicted molar refractivity (Wildman–Crippen MR) is 75.2 cm³/mol. The number of carboxylic acid groups (broad SMARTS) is 1. The molecule has 1 aromatic carbocycles. The van der Waals surface area contributed by atoms with Crippen molar-refractivity contribution >= 4 is 33.5 Å². The number of aliphatic carboxylic acids is 1. The Morgan fingerprint density at radius 1 is 1.47 bits per heavy atom. The Morgan fingerprint density at radius 3 is 2.89 bits per heavy atom. The molecule has 1 amide bonds. The Morgan fingerprint density at radius 2 is 2.21 bits per heavy atom. The van der Waals surface area contributed by atoms with E-state index in [1.54, 1.807) is 4.90 Å². The van der Waals surface area contributed by atoms with Gasteiger partial charge in [0.25, 0.3) is 0 Å². The lowest BCUT2D eigenvalue weighted by atomic mass is 10.1. The van der Waals surface area contributed by atoms with E-state index in [-0.39, 0.29) is 12.3 Å². The van der Waals surface area contributed by atoms with E-state index in [4.69, 9.17) is 5.11 Å². The SMILES string of the molecule is O=C(O)CC1NCCCN(c2ccccc2Br)C1=O. The molecule has 0 spiro atoms. The van der Waals surface area contributed by atoms with Crippen LogP contribution in [0, 0.1) is 0 Å². The highest BCUT2D eigenvalue weighted by Gasteiger charge is 2.29. The molecule has 6 heteroatoms. The fourth-order valence-electron chi connectivity index (χ4n) is 2.14. The van der Waals surface area contributed by atoms with Crippen LogP contribution in [0.15, 0.2) is 28.7 Å². The number of halogens is 1. The summed E-state index contributed by atoms with van der Waals surface area (Å²) in [6.45, 7) is 1.23. The summed E-state index contributed by atoms with van der Waals surface area (Å²) >= 11 is 3.42. The Kier molecular flexibility index (Phi) is 4.55. The third-order valence-electron chi connectivity index (χ3n) is 3.04. The van der Waals surface area contributed by atoms with Crippen molar-refractivity contribution in [3.8, 4) is 0 Å². The zero-order chi connectivity index (χ0) is 13.8. The standard InChI is InChI=1S/C13H15BrN2O3/c14-9-4-1-2-5-11(9)16-7-3-6-15-10(13(16)19)8-12(17)18/h1-2,4-5,10,15H,3,6-8H2,(H,17,18). The lowest BCUT2D eigenvalue weighted by Crippen LogP contribution is -2.45. The van der Waals surface area contributed by atoms with Gasteiger partial charge in [-0.2, -0.15) is 0 Å². The van der Waals surface area contributed by atoms with Gasteiger partial charge in [0, 0.05) is 11.0 Å². The van der Waals surface area contributed by atoms with E-state index >= 15 is 0 Å². The van der Waals surface area contributed by atoms with Crippen LogP contribution in [0.2, 0.25) is 0 Å². The molecule has 1 fully saturated rings. The molecule has 1 aliphatic rings. The maximum Gasteiger partial charge on any atom is 0.305 e. The molecule has 1 atom stereocenters. The normalized spacial score (nSPS) is 20.2. The fourth-order valence-corrected chi connectivity index (χ4v) is 2.64.